The lowest BCUT2D eigenvalue weighted by molar-refractivity contribution is -0.385. The maximum Gasteiger partial charge on any atom is 0.270 e. The number of fused-ring (bicyclic) bond motifs is 1. The molecule has 1 unspecified atom stereocenters. The molecule has 0 saturated carbocycles. The van der Waals surface area contributed by atoms with Gasteiger partial charge in [0.2, 0.25) is 5.91 Å². The molecule has 5 aromatic rings. The monoisotopic (exact) mass is 534 g/mol. The van der Waals surface area contributed by atoms with Gasteiger partial charge in [0.1, 0.15) is 0 Å². The molecule has 0 fully saturated rings. The van der Waals surface area contributed by atoms with E-state index in [2.05, 4.69) is 5.32 Å². The summed E-state index contributed by atoms with van der Waals surface area (Å²) in [6.45, 7) is 0.847. The van der Waals surface area contributed by atoms with Crippen LogP contribution in [0.2, 0.25) is 0 Å². The van der Waals surface area contributed by atoms with Gasteiger partial charge in [-0.1, -0.05) is 72.8 Å². The number of amides is 1. The van der Waals surface area contributed by atoms with Crippen LogP contribution in [0.1, 0.15) is 34.6 Å². The van der Waals surface area contributed by atoms with Crippen LogP contribution in [0.4, 0.5) is 11.4 Å². The van der Waals surface area contributed by atoms with E-state index >= 15 is 0 Å². The largest absolute Gasteiger partial charge is 0.352 e. The number of nitrogens with one attached hydrogen (secondary N) is 1. The zero-order valence-electron chi connectivity index (χ0n) is 21.5. The molecule has 1 N–H and O–H groups in total. The van der Waals surface area contributed by atoms with E-state index in [4.69, 9.17) is 0 Å². The molecule has 0 saturated heterocycles. The number of nitrogens with zero attached hydrogens (tertiary/aromatic N) is 3. The van der Waals surface area contributed by atoms with E-state index in [1.165, 1.54) is 24.3 Å². The highest BCUT2D eigenvalue weighted by molar-refractivity contribution is 5.88. The minimum Gasteiger partial charge on any atom is -0.352 e. The van der Waals surface area contributed by atoms with E-state index in [1.54, 1.807) is 18.2 Å². The van der Waals surface area contributed by atoms with Crippen molar-refractivity contribution in [2.75, 3.05) is 0 Å². The lowest BCUT2D eigenvalue weighted by atomic mass is 9.87. The van der Waals surface area contributed by atoms with E-state index in [0.29, 0.717) is 29.6 Å². The van der Waals surface area contributed by atoms with E-state index in [1.807, 2.05) is 71.4 Å². The van der Waals surface area contributed by atoms with E-state index < -0.39 is 15.8 Å². The number of benzene rings is 4. The van der Waals surface area contributed by atoms with Gasteiger partial charge >= 0.3 is 0 Å². The number of non-ortho nitro benzene ring substituents is 2. The first-order chi connectivity index (χ1) is 19.4. The van der Waals surface area contributed by atoms with Crippen molar-refractivity contribution < 1.29 is 14.6 Å². The number of carbonyl (C=O) groups is 1. The Kier molecular flexibility index (Phi) is 7.63. The van der Waals surface area contributed by atoms with Crippen molar-refractivity contribution in [3.05, 3.63) is 152 Å². The minimum absolute atomic E-state index is 0.00113. The maximum absolute atomic E-state index is 13.2. The molecule has 1 heterocycles. The number of nitro benzene ring substituents is 2. The standard InChI is InChI=1S/C31H26N4O5/c36-31(32-19-22-8-3-1-4-9-22)18-27(24-12-7-13-25(16-24)34(37)38)29-21-33(20-23-10-5-2-6-11-23)30-15-14-26(35(39)40)17-28(29)30/h1-17,21,27H,18-20H2,(H,32,36). The third-order valence-corrected chi connectivity index (χ3v) is 6.88. The summed E-state index contributed by atoms with van der Waals surface area (Å²) < 4.78 is 2.00. The fourth-order valence-corrected chi connectivity index (χ4v) is 4.93. The average Bonchev–Trinajstić information content (AvgIpc) is 3.33. The molecule has 9 nitrogen and oxygen atoms in total. The summed E-state index contributed by atoms with van der Waals surface area (Å²) in [6, 6.07) is 30.2. The predicted octanol–water partition coefficient (Wildman–Crippen LogP) is 6.34. The molecule has 1 amide bonds. The first-order valence-corrected chi connectivity index (χ1v) is 12.7. The van der Waals surface area contributed by atoms with Crippen molar-refractivity contribution in [2.45, 2.75) is 25.4 Å². The predicted molar refractivity (Wildman–Crippen MR) is 152 cm³/mol. The van der Waals surface area contributed by atoms with Gasteiger partial charge in [-0.3, -0.25) is 25.0 Å². The second-order valence-corrected chi connectivity index (χ2v) is 9.53. The molecule has 0 bridgehead atoms. The second kappa shape index (κ2) is 11.6. The smallest absolute Gasteiger partial charge is 0.270 e. The molecule has 1 atom stereocenters. The average molecular weight is 535 g/mol. The Morgan fingerprint density at radius 1 is 0.775 bits per heavy atom. The zero-order chi connectivity index (χ0) is 28.1. The molecule has 4 aromatic carbocycles. The summed E-state index contributed by atoms with van der Waals surface area (Å²) >= 11 is 0. The molecule has 9 heteroatoms. The number of aromatic nitrogens is 1. The Hall–Kier alpha value is -5.31. The first kappa shape index (κ1) is 26.3. The highest BCUT2D eigenvalue weighted by Gasteiger charge is 2.25. The van der Waals surface area contributed by atoms with Crippen LogP contribution < -0.4 is 5.32 Å². The Bertz CT molecular complexity index is 1680. The van der Waals surface area contributed by atoms with Gasteiger partial charge < -0.3 is 9.88 Å². The molecule has 0 aliphatic rings. The van der Waals surface area contributed by atoms with Gasteiger partial charge in [-0.25, -0.2) is 0 Å². The maximum atomic E-state index is 13.2. The summed E-state index contributed by atoms with van der Waals surface area (Å²) in [6.07, 6.45) is 1.90. The number of hydrogen-bond donors (Lipinski definition) is 1. The number of carbonyl (C=O) groups excluding carboxylic acids is 1. The molecule has 0 radical (unpaired) electrons. The molecule has 0 aliphatic carbocycles. The topological polar surface area (TPSA) is 120 Å². The lowest BCUT2D eigenvalue weighted by Crippen LogP contribution is -2.25. The van der Waals surface area contributed by atoms with Gasteiger partial charge in [0.25, 0.3) is 11.4 Å². The minimum atomic E-state index is -0.586. The van der Waals surface area contributed by atoms with Crippen LogP contribution in [0.3, 0.4) is 0 Å². The SMILES string of the molecule is O=C(CC(c1cccc([N+](=O)[O-])c1)c1cn(Cc2ccccc2)c2ccc([N+](=O)[O-])cc12)NCc1ccccc1. The van der Waals surface area contributed by atoms with Crippen molar-refractivity contribution in [3.63, 3.8) is 0 Å². The molecule has 1 aromatic heterocycles. The lowest BCUT2D eigenvalue weighted by Gasteiger charge is -2.17. The summed E-state index contributed by atoms with van der Waals surface area (Å²) in [5.74, 6) is -0.827. The van der Waals surface area contributed by atoms with Gasteiger partial charge in [-0.2, -0.15) is 0 Å². The van der Waals surface area contributed by atoms with Gasteiger partial charge in [0.05, 0.1) is 9.85 Å². The Morgan fingerprint density at radius 3 is 2.10 bits per heavy atom. The van der Waals surface area contributed by atoms with Crippen molar-refractivity contribution in [1.82, 2.24) is 9.88 Å². The first-order valence-electron chi connectivity index (χ1n) is 12.7. The number of rotatable bonds is 10. The fourth-order valence-electron chi connectivity index (χ4n) is 4.93. The van der Waals surface area contributed by atoms with Gasteiger partial charge in [-0.05, 0) is 28.3 Å². The zero-order valence-corrected chi connectivity index (χ0v) is 21.5. The van der Waals surface area contributed by atoms with E-state index in [0.717, 1.165) is 16.6 Å². The van der Waals surface area contributed by atoms with Crippen molar-refractivity contribution in [3.8, 4) is 0 Å². The molecule has 40 heavy (non-hydrogen) atoms. The van der Waals surface area contributed by atoms with Crippen molar-refractivity contribution in [1.29, 1.82) is 0 Å². The van der Waals surface area contributed by atoms with Gasteiger partial charge in [0.15, 0.2) is 0 Å². The van der Waals surface area contributed by atoms with Crippen LogP contribution >= 0.6 is 0 Å². The van der Waals surface area contributed by atoms with Crippen molar-refractivity contribution in [2.24, 2.45) is 0 Å². The van der Waals surface area contributed by atoms with Crippen LogP contribution in [-0.4, -0.2) is 20.3 Å². The Balaban J connectivity index is 1.59. The number of nitro groups is 2. The van der Waals surface area contributed by atoms with Crippen LogP contribution in [0.5, 0.6) is 0 Å². The third kappa shape index (κ3) is 5.88. The van der Waals surface area contributed by atoms with Crippen molar-refractivity contribution >= 4 is 28.2 Å². The van der Waals surface area contributed by atoms with Crippen LogP contribution in [-0.2, 0) is 17.9 Å². The summed E-state index contributed by atoms with van der Waals surface area (Å²) in [4.78, 5) is 35.6. The summed E-state index contributed by atoms with van der Waals surface area (Å²) in [7, 11) is 0. The van der Waals surface area contributed by atoms with E-state index in [-0.39, 0.29) is 23.7 Å². The molecule has 5 rings (SSSR count). The molecule has 0 aliphatic heterocycles. The van der Waals surface area contributed by atoms with Crippen LogP contribution in [0.15, 0.2) is 109 Å². The molecule has 200 valence electrons. The molecule has 0 spiro atoms. The van der Waals surface area contributed by atoms with Crippen LogP contribution in [0, 0.1) is 20.2 Å². The quantitative estimate of drug-likeness (QED) is 0.165. The normalized spacial score (nSPS) is 11.7. The van der Waals surface area contributed by atoms with Crippen LogP contribution in [0.25, 0.3) is 10.9 Å². The van der Waals surface area contributed by atoms with Gasteiger partial charge in [0, 0.05) is 66.8 Å². The Morgan fingerprint density at radius 2 is 1.43 bits per heavy atom. The molecular weight excluding hydrogens is 508 g/mol. The van der Waals surface area contributed by atoms with E-state index in [9.17, 15) is 25.0 Å². The summed E-state index contributed by atoms with van der Waals surface area (Å²) in [5.41, 5.74) is 3.85. The second-order valence-electron chi connectivity index (χ2n) is 9.53. The summed E-state index contributed by atoms with van der Waals surface area (Å²) in [5, 5.41) is 26.8. The highest BCUT2D eigenvalue weighted by atomic mass is 16.6. The molecular formula is C31H26N4O5. The third-order valence-electron chi connectivity index (χ3n) is 6.88. The highest BCUT2D eigenvalue weighted by Crippen LogP contribution is 2.37. The Labute approximate surface area is 230 Å². The van der Waals surface area contributed by atoms with Gasteiger partial charge in [-0.15, -0.1) is 0 Å². The number of hydrogen-bond acceptors (Lipinski definition) is 5. The fraction of sp³-hybridized carbons (Fsp3) is 0.129.